The Morgan fingerprint density at radius 2 is 1.86 bits per heavy atom. The van der Waals surface area contributed by atoms with E-state index in [0.29, 0.717) is 24.9 Å². The Kier molecular flexibility index (Phi) is 5.87. The van der Waals surface area contributed by atoms with Crippen LogP contribution in [0.1, 0.15) is 38.2 Å². The highest BCUT2D eigenvalue weighted by molar-refractivity contribution is 5.97. The average Bonchev–Trinajstić information content (AvgIpc) is 2.53. The molecule has 0 aliphatic heterocycles. The molecule has 0 aromatic heterocycles. The van der Waals surface area contributed by atoms with Crippen molar-refractivity contribution in [1.29, 1.82) is 0 Å². The number of ether oxygens (including phenoxy) is 2. The second kappa shape index (κ2) is 7.88. The predicted octanol–water partition coefficient (Wildman–Crippen LogP) is 2.76. The molecule has 1 fully saturated rings. The van der Waals surface area contributed by atoms with E-state index in [1.807, 2.05) is 0 Å². The van der Waals surface area contributed by atoms with Crippen molar-refractivity contribution in [3.05, 3.63) is 29.8 Å². The van der Waals surface area contributed by atoms with Gasteiger partial charge in [-0.3, -0.25) is 0 Å². The first-order valence-corrected chi connectivity index (χ1v) is 7.51. The standard InChI is InChI=1S/C16H24N2O3/c1-12-2-6-14(7-3-12)20-10-11-21-15-8-4-13(5-9-15)16(17)18-19/h4-5,8-9,12,14,19H,2-3,6-7,10-11H2,1H3,(H2,17,18). The van der Waals surface area contributed by atoms with E-state index in [9.17, 15) is 0 Å². The van der Waals surface area contributed by atoms with Crippen LogP contribution in [0.5, 0.6) is 5.75 Å². The lowest BCUT2D eigenvalue weighted by molar-refractivity contribution is 0.00570. The third-order valence-corrected chi connectivity index (χ3v) is 3.93. The second-order valence-electron chi connectivity index (χ2n) is 5.61. The minimum atomic E-state index is 0.0939. The topological polar surface area (TPSA) is 77.1 Å². The molecule has 0 unspecified atom stereocenters. The number of rotatable bonds is 6. The van der Waals surface area contributed by atoms with E-state index < -0.39 is 0 Å². The van der Waals surface area contributed by atoms with Gasteiger partial charge in [0, 0.05) is 5.56 Å². The molecule has 0 bridgehead atoms. The van der Waals surface area contributed by atoms with Crippen LogP contribution in [0.25, 0.3) is 0 Å². The van der Waals surface area contributed by atoms with Crippen LogP contribution in [0, 0.1) is 5.92 Å². The first kappa shape index (κ1) is 15.6. The highest BCUT2D eigenvalue weighted by atomic mass is 16.5. The zero-order valence-electron chi connectivity index (χ0n) is 12.5. The molecule has 1 saturated carbocycles. The fraction of sp³-hybridized carbons (Fsp3) is 0.562. The monoisotopic (exact) mass is 292 g/mol. The molecule has 1 aromatic rings. The highest BCUT2D eigenvalue weighted by Crippen LogP contribution is 2.25. The largest absolute Gasteiger partial charge is 0.491 e. The lowest BCUT2D eigenvalue weighted by atomic mass is 9.89. The zero-order valence-corrected chi connectivity index (χ0v) is 12.5. The third kappa shape index (κ3) is 4.93. The lowest BCUT2D eigenvalue weighted by Crippen LogP contribution is -2.22. The van der Waals surface area contributed by atoms with E-state index in [4.69, 9.17) is 20.4 Å². The van der Waals surface area contributed by atoms with E-state index in [-0.39, 0.29) is 5.84 Å². The van der Waals surface area contributed by atoms with E-state index in [1.165, 1.54) is 12.8 Å². The first-order valence-electron chi connectivity index (χ1n) is 7.51. The molecule has 116 valence electrons. The van der Waals surface area contributed by atoms with Gasteiger partial charge >= 0.3 is 0 Å². The minimum Gasteiger partial charge on any atom is -0.491 e. The molecule has 0 atom stereocenters. The molecule has 5 nitrogen and oxygen atoms in total. The first-order chi connectivity index (χ1) is 10.2. The van der Waals surface area contributed by atoms with Crippen LogP contribution in [0.3, 0.4) is 0 Å². The van der Waals surface area contributed by atoms with Crippen LogP contribution in [0.2, 0.25) is 0 Å². The van der Waals surface area contributed by atoms with Crippen LogP contribution in [0.15, 0.2) is 29.4 Å². The molecule has 1 aromatic carbocycles. The van der Waals surface area contributed by atoms with Gasteiger partial charge in [0.1, 0.15) is 12.4 Å². The van der Waals surface area contributed by atoms with Gasteiger partial charge in [-0.15, -0.1) is 0 Å². The number of oxime groups is 1. The van der Waals surface area contributed by atoms with Crippen molar-refractivity contribution >= 4 is 5.84 Å². The fourth-order valence-corrected chi connectivity index (χ4v) is 2.55. The molecular formula is C16H24N2O3. The van der Waals surface area contributed by atoms with E-state index in [2.05, 4.69) is 12.1 Å². The summed E-state index contributed by atoms with van der Waals surface area (Å²) in [5.74, 6) is 1.69. The maximum atomic E-state index is 8.59. The summed E-state index contributed by atoms with van der Waals surface area (Å²) in [7, 11) is 0. The lowest BCUT2D eigenvalue weighted by Gasteiger charge is -2.26. The van der Waals surface area contributed by atoms with Gasteiger partial charge in [0.05, 0.1) is 12.7 Å². The Bertz CT molecular complexity index is 451. The molecule has 21 heavy (non-hydrogen) atoms. The number of hydrogen-bond acceptors (Lipinski definition) is 4. The van der Waals surface area contributed by atoms with Crippen LogP contribution in [-0.2, 0) is 4.74 Å². The van der Waals surface area contributed by atoms with Gasteiger partial charge in [0.25, 0.3) is 0 Å². The molecule has 0 saturated heterocycles. The van der Waals surface area contributed by atoms with Crippen LogP contribution < -0.4 is 10.5 Å². The molecule has 0 heterocycles. The summed E-state index contributed by atoms with van der Waals surface area (Å²) in [5, 5.41) is 11.5. The van der Waals surface area contributed by atoms with E-state index in [1.54, 1.807) is 24.3 Å². The summed E-state index contributed by atoms with van der Waals surface area (Å²) >= 11 is 0. The molecule has 1 aliphatic rings. The predicted molar refractivity (Wildman–Crippen MR) is 81.8 cm³/mol. The Balaban J connectivity index is 1.67. The molecule has 2 rings (SSSR count). The van der Waals surface area contributed by atoms with Crippen LogP contribution >= 0.6 is 0 Å². The number of hydrogen-bond donors (Lipinski definition) is 2. The summed E-state index contributed by atoms with van der Waals surface area (Å²) in [6.07, 6.45) is 5.25. The number of amidine groups is 1. The summed E-state index contributed by atoms with van der Waals surface area (Å²) in [4.78, 5) is 0. The zero-order chi connectivity index (χ0) is 15.1. The van der Waals surface area contributed by atoms with Gasteiger partial charge in [-0.05, 0) is 55.9 Å². The maximum Gasteiger partial charge on any atom is 0.170 e. The fourth-order valence-electron chi connectivity index (χ4n) is 2.55. The van der Waals surface area contributed by atoms with Crippen molar-refractivity contribution in [2.45, 2.75) is 38.7 Å². The Hall–Kier alpha value is -1.75. The SMILES string of the molecule is CC1CCC(OCCOc2ccc(C(N)=NO)cc2)CC1. The number of nitrogens with two attached hydrogens (primary N) is 1. The van der Waals surface area contributed by atoms with Crippen LogP contribution in [0.4, 0.5) is 0 Å². The van der Waals surface area contributed by atoms with E-state index >= 15 is 0 Å². The maximum absolute atomic E-state index is 8.59. The molecule has 3 N–H and O–H groups in total. The molecule has 1 aliphatic carbocycles. The van der Waals surface area contributed by atoms with Crippen molar-refractivity contribution in [2.75, 3.05) is 13.2 Å². The van der Waals surface area contributed by atoms with Crippen molar-refractivity contribution in [1.82, 2.24) is 0 Å². The smallest absolute Gasteiger partial charge is 0.170 e. The van der Waals surface area contributed by atoms with Crippen molar-refractivity contribution < 1.29 is 14.7 Å². The molecule has 0 spiro atoms. The molecule has 0 amide bonds. The van der Waals surface area contributed by atoms with Gasteiger partial charge in [0.2, 0.25) is 0 Å². The molecule has 0 radical (unpaired) electrons. The Morgan fingerprint density at radius 1 is 1.19 bits per heavy atom. The van der Waals surface area contributed by atoms with Gasteiger partial charge < -0.3 is 20.4 Å². The third-order valence-electron chi connectivity index (χ3n) is 3.93. The van der Waals surface area contributed by atoms with Gasteiger partial charge in [-0.1, -0.05) is 12.1 Å². The van der Waals surface area contributed by atoms with Crippen LogP contribution in [-0.4, -0.2) is 30.4 Å². The summed E-state index contributed by atoms with van der Waals surface area (Å²) in [6, 6.07) is 7.12. The van der Waals surface area contributed by atoms with Gasteiger partial charge in [-0.2, -0.15) is 0 Å². The summed E-state index contributed by atoms with van der Waals surface area (Å²) < 4.78 is 11.5. The highest BCUT2D eigenvalue weighted by Gasteiger charge is 2.18. The number of benzene rings is 1. The second-order valence-corrected chi connectivity index (χ2v) is 5.61. The van der Waals surface area contributed by atoms with Gasteiger partial charge in [-0.25, -0.2) is 0 Å². The quantitative estimate of drug-likeness (QED) is 0.278. The molecular weight excluding hydrogens is 268 g/mol. The van der Waals surface area contributed by atoms with Crippen molar-refractivity contribution in [2.24, 2.45) is 16.8 Å². The Morgan fingerprint density at radius 3 is 2.48 bits per heavy atom. The minimum absolute atomic E-state index is 0.0939. The number of nitrogens with zero attached hydrogens (tertiary/aromatic N) is 1. The van der Waals surface area contributed by atoms with E-state index in [0.717, 1.165) is 24.5 Å². The summed E-state index contributed by atoms with van der Waals surface area (Å²) in [6.45, 7) is 3.45. The summed E-state index contributed by atoms with van der Waals surface area (Å²) in [5.41, 5.74) is 6.16. The molecule has 5 heteroatoms. The normalized spacial score (nSPS) is 23.0. The Labute approximate surface area is 125 Å². The van der Waals surface area contributed by atoms with Crippen molar-refractivity contribution in [3.63, 3.8) is 0 Å². The van der Waals surface area contributed by atoms with Gasteiger partial charge in [0.15, 0.2) is 5.84 Å². The van der Waals surface area contributed by atoms with Crippen molar-refractivity contribution in [3.8, 4) is 5.75 Å². The average molecular weight is 292 g/mol.